The van der Waals surface area contributed by atoms with E-state index in [4.69, 9.17) is 10.5 Å². The maximum Gasteiger partial charge on any atom is 0.128 e. The highest BCUT2D eigenvalue weighted by atomic mass is 79.9. The lowest BCUT2D eigenvalue weighted by molar-refractivity contribution is 0.0560. The van der Waals surface area contributed by atoms with Crippen LogP contribution in [0.15, 0.2) is 22.7 Å². The Hall–Kier alpha value is -0.450. The number of rotatable bonds is 4. The first-order valence-corrected chi connectivity index (χ1v) is 7.19. The van der Waals surface area contributed by atoms with Gasteiger partial charge in [0.25, 0.3) is 0 Å². The molecule has 0 aromatic heterocycles. The summed E-state index contributed by atoms with van der Waals surface area (Å²) < 4.78 is 20.0. The molecule has 0 radical (unpaired) electrons. The standard InChI is InChI=1S/C14H19BrFNO/c15-12-4-5-13(16)11(8-12)9-18-10-14(17)6-2-1-3-7-14/h4-5,8H,1-3,6-7,9-10,17H2. The molecule has 0 unspecified atom stereocenters. The second kappa shape index (κ2) is 6.13. The smallest absolute Gasteiger partial charge is 0.128 e. The zero-order valence-corrected chi connectivity index (χ0v) is 12.0. The fourth-order valence-corrected chi connectivity index (χ4v) is 2.83. The molecule has 0 aliphatic heterocycles. The summed E-state index contributed by atoms with van der Waals surface area (Å²) >= 11 is 3.33. The molecule has 0 atom stereocenters. The minimum Gasteiger partial charge on any atom is -0.375 e. The molecule has 2 nitrogen and oxygen atoms in total. The zero-order chi connectivity index (χ0) is 13.0. The van der Waals surface area contributed by atoms with Crippen molar-refractivity contribution in [2.45, 2.75) is 44.2 Å². The third kappa shape index (κ3) is 3.77. The molecule has 0 saturated heterocycles. The average molecular weight is 316 g/mol. The molecule has 1 aromatic carbocycles. The van der Waals surface area contributed by atoms with E-state index in [0.29, 0.717) is 12.2 Å². The molecular formula is C14H19BrFNO. The minimum absolute atomic E-state index is 0.208. The highest BCUT2D eigenvalue weighted by molar-refractivity contribution is 9.10. The van der Waals surface area contributed by atoms with Crippen molar-refractivity contribution in [1.82, 2.24) is 0 Å². The van der Waals surface area contributed by atoms with Crippen LogP contribution in [0.4, 0.5) is 4.39 Å². The Morgan fingerprint density at radius 3 is 2.72 bits per heavy atom. The van der Waals surface area contributed by atoms with Crippen molar-refractivity contribution in [3.63, 3.8) is 0 Å². The van der Waals surface area contributed by atoms with Crippen molar-refractivity contribution >= 4 is 15.9 Å². The van der Waals surface area contributed by atoms with Crippen LogP contribution in [-0.4, -0.2) is 12.1 Å². The van der Waals surface area contributed by atoms with Gasteiger partial charge in [0.15, 0.2) is 0 Å². The van der Waals surface area contributed by atoms with Gasteiger partial charge in [-0.1, -0.05) is 35.2 Å². The third-order valence-corrected chi connectivity index (χ3v) is 4.00. The summed E-state index contributed by atoms with van der Waals surface area (Å²) in [6.45, 7) is 0.795. The van der Waals surface area contributed by atoms with E-state index in [-0.39, 0.29) is 18.0 Å². The first-order chi connectivity index (χ1) is 8.59. The lowest BCUT2D eigenvalue weighted by Gasteiger charge is -2.33. The molecular weight excluding hydrogens is 297 g/mol. The van der Waals surface area contributed by atoms with Gasteiger partial charge in [-0.15, -0.1) is 0 Å². The quantitative estimate of drug-likeness (QED) is 0.918. The fraction of sp³-hybridized carbons (Fsp3) is 0.571. The van der Waals surface area contributed by atoms with E-state index >= 15 is 0 Å². The van der Waals surface area contributed by atoms with Crippen molar-refractivity contribution < 1.29 is 9.13 Å². The Bertz CT molecular complexity index is 405. The number of benzene rings is 1. The van der Waals surface area contributed by atoms with Crippen LogP contribution in [0.2, 0.25) is 0 Å². The van der Waals surface area contributed by atoms with Gasteiger partial charge in [-0.05, 0) is 31.0 Å². The Morgan fingerprint density at radius 2 is 2.00 bits per heavy atom. The van der Waals surface area contributed by atoms with E-state index < -0.39 is 0 Å². The SMILES string of the molecule is NC1(COCc2cc(Br)ccc2F)CCCCC1. The highest BCUT2D eigenvalue weighted by Gasteiger charge is 2.27. The first kappa shape index (κ1) is 14.0. The summed E-state index contributed by atoms with van der Waals surface area (Å²) in [7, 11) is 0. The van der Waals surface area contributed by atoms with E-state index in [1.807, 2.05) is 0 Å². The average Bonchev–Trinajstić information content (AvgIpc) is 2.34. The number of hydrogen-bond donors (Lipinski definition) is 1. The monoisotopic (exact) mass is 315 g/mol. The molecule has 1 aliphatic rings. The molecule has 18 heavy (non-hydrogen) atoms. The van der Waals surface area contributed by atoms with Crippen LogP contribution in [0.3, 0.4) is 0 Å². The summed E-state index contributed by atoms with van der Waals surface area (Å²) in [6.07, 6.45) is 5.62. The normalized spacial score (nSPS) is 18.8. The van der Waals surface area contributed by atoms with Crippen molar-refractivity contribution in [2.75, 3.05) is 6.61 Å². The van der Waals surface area contributed by atoms with Crippen LogP contribution in [0.5, 0.6) is 0 Å². The summed E-state index contributed by atoms with van der Waals surface area (Å²) in [5.41, 5.74) is 6.63. The minimum atomic E-state index is -0.229. The van der Waals surface area contributed by atoms with Gasteiger partial charge in [-0.2, -0.15) is 0 Å². The van der Waals surface area contributed by atoms with Crippen LogP contribution < -0.4 is 5.73 Å². The molecule has 0 heterocycles. The molecule has 0 bridgehead atoms. The fourth-order valence-electron chi connectivity index (χ4n) is 2.42. The van der Waals surface area contributed by atoms with Crippen LogP contribution in [0.1, 0.15) is 37.7 Å². The highest BCUT2D eigenvalue weighted by Crippen LogP contribution is 2.26. The number of nitrogens with two attached hydrogens (primary N) is 1. The molecule has 1 saturated carbocycles. The van der Waals surface area contributed by atoms with Gasteiger partial charge in [-0.3, -0.25) is 0 Å². The lowest BCUT2D eigenvalue weighted by atomic mass is 9.83. The van der Waals surface area contributed by atoms with Gasteiger partial charge in [0.2, 0.25) is 0 Å². The van der Waals surface area contributed by atoms with Gasteiger partial charge >= 0.3 is 0 Å². The predicted octanol–water partition coefficient (Wildman–Crippen LogP) is 3.77. The second-order valence-electron chi connectivity index (χ2n) is 5.15. The molecule has 0 amide bonds. The molecule has 2 N–H and O–H groups in total. The maximum absolute atomic E-state index is 13.5. The van der Waals surface area contributed by atoms with Crippen molar-refractivity contribution in [3.05, 3.63) is 34.1 Å². The number of hydrogen-bond acceptors (Lipinski definition) is 2. The van der Waals surface area contributed by atoms with Crippen molar-refractivity contribution in [3.8, 4) is 0 Å². The third-order valence-electron chi connectivity index (χ3n) is 3.50. The lowest BCUT2D eigenvalue weighted by Crippen LogP contribution is -2.46. The first-order valence-electron chi connectivity index (χ1n) is 6.40. The predicted molar refractivity (Wildman–Crippen MR) is 73.8 cm³/mol. The van der Waals surface area contributed by atoms with Gasteiger partial charge in [0, 0.05) is 15.6 Å². The Morgan fingerprint density at radius 1 is 1.28 bits per heavy atom. The topological polar surface area (TPSA) is 35.2 Å². The largest absolute Gasteiger partial charge is 0.375 e. The van der Waals surface area contributed by atoms with Gasteiger partial charge in [0.05, 0.1) is 13.2 Å². The van der Waals surface area contributed by atoms with E-state index in [9.17, 15) is 4.39 Å². The molecule has 2 rings (SSSR count). The van der Waals surface area contributed by atoms with Crippen LogP contribution in [-0.2, 0) is 11.3 Å². The molecule has 1 aliphatic carbocycles. The molecule has 0 spiro atoms. The maximum atomic E-state index is 13.5. The number of ether oxygens (including phenoxy) is 1. The van der Waals surface area contributed by atoms with Crippen LogP contribution in [0.25, 0.3) is 0 Å². The molecule has 1 fully saturated rings. The van der Waals surface area contributed by atoms with Crippen LogP contribution in [0, 0.1) is 5.82 Å². The van der Waals surface area contributed by atoms with Crippen LogP contribution >= 0.6 is 15.9 Å². The summed E-state index contributed by atoms with van der Waals surface area (Å²) in [4.78, 5) is 0. The summed E-state index contributed by atoms with van der Waals surface area (Å²) in [6, 6.07) is 4.88. The molecule has 100 valence electrons. The summed E-state index contributed by atoms with van der Waals surface area (Å²) in [5, 5.41) is 0. The number of halogens is 2. The Kier molecular flexibility index (Phi) is 4.76. The molecule has 4 heteroatoms. The summed E-state index contributed by atoms with van der Waals surface area (Å²) in [5.74, 6) is -0.229. The Balaban J connectivity index is 1.86. The van der Waals surface area contributed by atoms with E-state index in [1.165, 1.54) is 25.3 Å². The van der Waals surface area contributed by atoms with Crippen molar-refractivity contribution in [2.24, 2.45) is 5.73 Å². The van der Waals surface area contributed by atoms with E-state index in [0.717, 1.165) is 17.3 Å². The van der Waals surface area contributed by atoms with Gasteiger partial charge in [0.1, 0.15) is 5.82 Å². The zero-order valence-electron chi connectivity index (χ0n) is 10.4. The van der Waals surface area contributed by atoms with Crippen molar-refractivity contribution in [1.29, 1.82) is 0 Å². The Labute approximate surface area is 116 Å². The van der Waals surface area contributed by atoms with E-state index in [2.05, 4.69) is 15.9 Å². The molecule has 1 aromatic rings. The van der Waals surface area contributed by atoms with E-state index in [1.54, 1.807) is 12.1 Å². The van der Waals surface area contributed by atoms with Gasteiger partial charge < -0.3 is 10.5 Å². The van der Waals surface area contributed by atoms with Gasteiger partial charge in [-0.25, -0.2) is 4.39 Å². The second-order valence-corrected chi connectivity index (χ2v) is 6.07.